The lowest BCUT2D eigenvalue weighted by molar-refractivity contribution is 0.599. The summed E-state index contributed by atoms with van der Waals surface area (Å²) in [4.78, 5) is 8.91. The summed E-state index contributed by atoms with van der Waals surface area (Å²) in [7, 11) is 0. The molecule has 0 aliphatic heterocycles. The maximum Gasteiger partial charge on any atom is 0.163 e. The van der Waals surface area contributed by atoms with Gasteiger partial charge in [0.15, 0.2) is 5.82 Å². The lowest BCUT2D eigenvalue weighted by atomic mass is 10.1. The molecule has 0 atom stereocenters. The Labute approximate surface area is 160 Å². The van der Waals surface area contributed by atoms with Gasteiger partial charge in [0.25, 0.3) is 0 Å². The fourth-order valence-corrected chi connectivity index (χ4v) is 2.89. The first kappa shape index (κ1) is 17.5. The predicted molar refractivity (Wildman–Crippen MR) is 103 cm³/mol. The van der Waals surface area contributed by atoms with E-state index in [-0.39, 0.29) is 17.0 Å². The molecule has 3 aromatic carbocycles. The number of aromatic nitrogens is 2. The van der Waals surface area contributed by atoms with Crippen LogP contribution in [0.5, 0.6) is 0 Å². The molecule has 134 valence electrons. The van der Waals surface area contributed by atoms with Crippen molar-refractivity contribution in [3.05, 3.63) is 96.1 Å². The van der Waals surface area contributed by atoms with Crippen LogP contribution >= 0.6 is 0 Å². The average molecular weight is 369 g/mol. The SMILES string of the molecule is N#Cc1cc(F)c(-c2nc(-c3ccccc3)cc(-c3ccccc3)n2)cc1F. The number of nitrogens with zero attached hydrogens (tertiary/aromatic N) is 3. The number of rotatable bonds is 3. The second-order valence-corrected chi connectivity index (χ2v) is 6.12. The first-order chi connectivity index (χ1) is 13.7. The fourth-order valence-electron chi connectivity index (χ4n) is 2.89. The van der Waals surface area contributed by atoms with Crippen LogP contribution in [0.2, 0.25) is 0 Å². The van der Waals surface area contributed by atoms with E-state index in [2.05, 4.69) is 9.97 Å². The number of nitriles is 1. The summed E-state index contributed by atoms with van der Waals surface area (Å²) >= 11 is 0. The summed E-state index contributed by atoms with van der Waals surface area (Å²) in [5.41, 5.74) is 2.40. The Morgan fingerprint density at radius 2 is 1.21 bits per heavy atom. The maximum absolute atomic E-state index is 14.6. The molecular formula is C23H13F2N3. The van der Waals surface area contributed by atoms with Crippen LogP contribution in [-0.2, 0) is 0 Å². The van der Waals surface area contributed by atoms with Crippen molar-refractivity contribution >= 4 is 0 Å². The quantitative estimate of drug-likeness (QED) is 0.470. The van der Waals surface area contributed by atoms with Crippen molar-refractivity contribution in [2.24, 2.45) is 0 Å². The van der Waals surface area contributed by atoms with Crippen molar-refractivity contribution in [1.29, 1.82) is 5.26 Å². The molecule has 0 aliphatic carbocycles. The largest absolute Gasteiger partial charge is 0.228 e. The van der Waals surface area contributed by atoms with Gasteiger partial charge in [-0.3, -0.25) is 0 Å². The normalized spacial score (nSPS) is 10.5. The minimum atomic E-state index is -0.811. The highest BCUT2D eigenvalue weighted by Crippen LogP contribution is 2.29. The van der Waals surface area contributed by atoms with Crippen molar-refractivity contribution in [2.45, 2.75) is 0 Å². The number of hydrogen-bond donors (Lipinski definition) is 0. The molecule has 5 heteroatoms. The van der Waals surface area contributed by atoms with Crippen LogP contribution < -0.4 is 0 Å². The second-order valence-electron chi connectivity index (χ2n) is 6.12. The van der Waals surface area contributed by atoms with Crippen molar-refractivity contribution < 1.29 is 8.78 Å². The zero-order valence-corrected chi connectivity index (χ0v) is 14.6. The topological polar surface area (TPSA) is 49.6 Å². The third-order valence-corrected chi connectivity index (χ3v) is 4.28. The Kier molecular flexibility index (Phi) is 4.61. The Bertz CT molecular complexity index is 1130. The van der Waals surface area contributed by atoms with Gasteiger partial charge >= 0.3 is 0 Å². The number of benzene rings is 3. The zero-order chi connectivity index (χ0) is 19.5. The first-order valence-corrected chi connectivity index (χ1v) is 8.55. The minimum Gasteiger partial charge on any atom is -0.228 e. The maximum atomic E-state index is 14.6. The van der Waals surface area contributed by atoms with E-state index in [1.165, 1.54) is 0 Å². The van der Waals surface area contributed by atoms with Gasteiger partial charge in [-0.1, -0.05) is 60.7 Å². The monoisotopic (exact) mass is 369 g/mol. The predicted octanol–water partition coefficient (Wildman–Crippen LogP) is 5.63. The zero-order valence-electron chi connectivity index (χ0n) is 14.6. The third kappa shape index (κ3) is 3.36. The summed E-state index contributed by atoms with van der Waals surface area (Å²) in [5.74, 6) is -1.50. The average Bonchev–Trinajstić information content (AvgIpc) is 2.76. The van der Waals surface area contributed by atoms with E-state index < -0.39 is 11.6 Å². The van der Waals surface area contributed by atoms with Gasteiger partial charge < -0.3 is 0 Å². The second kappa shape index (κ2) is 7.37. The van der Waals surface area contributed by atoms with Gasteiger partial charge in [-0.2, -0.15) is 5.26 Å². The Hall–Kier alpha value is -3.91. The van der Waals surface area contributed by atoms with E-state index in [9.17, 15) is 8.78 Å². The van der Waals surface area contributed by atoms with Crippen LogP contribution in [0.1, 0.15) is 5.56 Å². The molecule has 0 bridgehead atoms. The van der Waals surface area contributed by atoms with Gasteiger partial charge in [-0.25, -0.2) is 18.7 Å². The molecule has 1 aromatic heterocycles. The molecule has 0 N–H and O–H groups in total. The Morgan fingerprint density at radius 1 is 0.679 bits per heavy atom. The highest BCUT2D eigenvalue weighted by Gasteiger charge is 2.16. The number of hydrogen-bond acceptors (Lipinski definition) is 3. The van der Waals surface area contributed by atoms with Crippen LogP contribution in [0, 0.1) is 23.0 Å². The molecule has 0 unspecified atom stereocenters. The molecule has 0 saturated heterocycles. The highest BCUT2D eigenvalue weighted by molar-refractivity contribution is 5.72. The molecule has 0 spiro atoms. The van der Waals surface area contributed by atoms with Crippen LogP contribution in [0.25, 0.3) is 33.9 Å². The molecule has 0 fully saturated rings. The first-order valence-electron chi connectivity index (χ1n) is 8.55. The molecule has 4 rings (SSSR count). The molecule has 0 amide bonds. The molecule has 1 heterocycles. The van der Waals surface area contributed by atoms with Gasteiger partial charge in [0.1, 0.15) is 17.7 Å². The van der Waals surface area contributed by atoms with Crippen LogP contribution in [-0.4, -0.2) is 9.97 Å². The molecule has 0 aliphatic rings. The van der Waals surface area contributed by atoms with Crippen LogP contribution in [0.3, 0.4) is 0 Å². The van der Waals surface area contributed by atoms with E-state index in [0.717, 1.165) is 23.3 Å². The third-order valence-electron chi connectivity index (χ3n) is 4.28. The van der Waals surface area contributed by atoms with Gasteiger partial charge in [0.2, 0.25) is 0 Å². The molecule has 0 saturated carbocycles. The highest BCUT2D eigenvalue weighted by atomic mass is 19.1. The standard InChI is InChI=1S/C23H13F2N3/c24-19-12-18(20(25)11-17(19)14-26)23-27-21(15-7-3-1-4-8-15)13-22(28-23)16-9-5-2-6-10-16/h1-13H. The van der Waals surface area contributed by atoms with Crippen LogP contribution in [0.15, 0.2) is 78.9 Å². The molecule has 3 nitrogen and oxygen atoms in total. The Morgan fingerprint density at radius 3 is 1.71 bits per heavy atom. The summed E-state index contributed by atoms with van der Waals surface area (Å²) in [5, 5.41) is 8.90. The number of halogens is 2. The van der Waals surface area contributed by atoms with Crippen molar-refractivity contribution in [1.82, 2.24) is 9.97 Å². The van der Waals surface area contributed by atoms with Crippen molar-refractivity contribution in [3.8, 4) is 40.0 Å². The van der Waals surface area contributed by atoms with E-state index >= 15 is 0 Å². The molecule has 0 radical (unpaired) electrons. The molecule has 28 heavy (non-hydrogen) atoms. The minimum absolute atomic E-state index is 0.0566. The van der Waals surface area contributed by atoms with Gasteiger partial charge in [-0.05, 0) is 18.2 Å². The van der Waals surface area contributed by atoms with Gasteiger partial charge in [0.05, 0.1) is 22.5 Å². The molecule has 4 aromatic rings. The summed E-state index contributed by atoms with van der Waals surface area (Å²) in [6, 6.07) is 24.1. The van der Waals surface area contributed by atoms with E-state index in [1.807, 2.05) is 66.7 Å². The van der Waals surface area contributed by atoms with E-state index in [0.29, 0.717) is 11.4 Å². The fraction of sp³-hybridized carbons (Fsp3) is 0. The van der Waals surface area contributed by atoms with Crippen molar-refractivity contribution in [3.63, 3.8) is 0 Å². The van der Waals surface area contributed by atoms with Crippen molar-refractivity contribution in [2.75, 3.05) is 0 Å². The van der Waals surface area contributed by atoms with Gasteiger partial charge in [-0.15, -0.1) is 0 Å². The summed E-state index contributed by atoms with van der Waals surface area (Å²) < 4.78 is 28.7. The lowest BCUT2D eigenvalue weighted by Crippen LogP contribution is -1.99. The lowest BCUT2D eigenvalue weighted by Gasteiger charge is -2.10. The van der Waals surface area contributed by atoms with Crippen LogP contribution in [0.4, 0.5) is 8.78 Å². The molecular weight excluding hydrogens is 356 g/mol. The smallest absolute Gasteiger partial charge is 0.163 e. The van der Waals surface area contributed by atoms with E-state index in [1.54, 1.807) is 6.07 Å². The van der Waals surface area contributed by atoms with Gasteiger partial charge in [0, 0.05) is 11.1 Å². The van der Waals surface area contributed by atoms with E-state index in [4.69, 9.17) is 5.26 Å². The Balaban J connectivity index is 1.95. The summed E-state index contributed by atoms with van der Waals surface area (Å²) in [6.07, 6.45) is 0. The summed E-state index contributed by atoms with van der Waals surface area (Å²) in [6.45, 7) is 0.